The van der Waals surface area contributed by atoms with Crippen molar-refractivity contribution in [2.75, 3.05) is 19.7 Å². The third-order valence-corrected chi connectivity index (χ3v) is 4.63. The van der Waals surface area contributed by atoms with Crippen molar-refractivity contribution < 1.29 is 13.9 Å². The van der Waals surface area contributed by atoms with Crippen LogP contribution in [0.5, 0.6) is 0 Å². The van der Waals surface area contributed by atoms with Crippen LogP contribution in [-0.2, 0) is 9.53 Å². The third kappa shape index (κ3) is 3.47. The van der Waals surface area contributed by atoms with Crippen molar-refractivity contribution in [2.45, 2.75) is 37.8 Å². The number of carbonyl (C=O) groups excluding carboxylic acids is 1. The first kappa shape index (κ1) is 15.4. The van der Waals surface area contributed by atoms with Crippen LogP contribution in [-0.4, -0.2) is 31.7 Å². The van der Waals surface area contributed by atoms with E-state index < -0.39 is 6.10 Å². The summed E-state index contributed by atoms with van der Waals surface area (Å²) in [5, 5.41) is 6.19. The second kappa shape index (κ2) is 7.20. The molecule has 2 fully saturated rings. The van der Waals surface area contributed by atoms with E-state index in [1.54, 1.807) is 12.1 Å². The molecule has 2 unspecified atom stereocenters. The molecule has 1 saturated carbocycles. The number of ether oxygens (including phenoxy) is 1. The molecule has 2 N–H and O–H groups in total. The van der Waals surface area contributed by atoms with Crippen molar-refractivity contribution in [3.63, 3.8) is 0 Å². The predicted molar refractivity (Wildman–Crippen MR) is 81.9 cm³/mol. The van der Waals surface area contributed by atoms with Crippen LogP contribution in [0.1, 0.15) is 37.3 Å². The Labute approximate surface area is 130 Å². The van der Waals surface area contributed by atoms with Crippen LogP contribution < -0.4 is 10.6 Å². The number of amides is 1. The molecule has 3 rings (SSSR count). The largest absolute Gasteiger partial charge is 0.366 e. The van der Waals surface area contributed by atoms with Crippen molar-refractivity contribution in [3.05, 3.63) is 35.6 Å². The Hall–Kier alpha value is -1.46. The molecular weight excluding hydrogens is 283 g/mol. The standard InChI is InChI=1S/C17H23FN2O2/c18-14-8-4-3-7-13(14)16(12-5-1-2-6-12)20-17(21)15-11-19-9-10-22-15/h3-4,7-8,12,15-16,19H,1-2,5-6,9-11H2,(H,20,21). The average Bonchev–Trinajstić information content (AvgIpc) is 3.08. The van der Waals surface area contributed by atoms with Crippen molar-refractivity contribution in [1.29, 1.82) is 0 Å². The van der Waals surface area contributed by atoms with Gasteiger partial charge in [0.15, 0.2) is 0 Å². The molecule has 1 amide bonds. The highest BCUT2D eigenvalue weighted by Crippen LogP contribution is 2.36. The summed E-state index contributed by atoms with van der Waals surface area (Å²) in [6.45, 7) is 1.81. The highest BCUT2D eigenvalue weighted by molar-refractivity contribution is 5.81. The van der Waals surface area contributed by atoms with E-state index >= 15 is 0 Å². The molecule has 0 radical (unpaired) electrons. The molecule has 1 aliphatic heterocycles. The quantitative estimate of drug-likeness (QED) is 0.896. The monoisotopic (exact) mass is 306 g/mol. The molecule has 1 aromatic carbocycles. The molecular formula is C17H23FN2O2. The minimum Gasteiger partial charge on any atom is -0.366 e. The molecule has 120 valence electrons. The van der Waals surface area contributed by atoms with Crippen LogP contribution in [0, 0.1) is 11.7 Å². The SMILES string of the molecule is O=C(NC(c1ccccc1F)C1CCCC1)C1CNCCO1. The summed E-state index contributed by atoms with van der Waals surface area (Å²) in [6.07, 6.45) is 3.87. The molecule has 0 bridgehead atoms. The lowest BCUT2D eigenvalue weighted by molar-refractivity contribution is -0.135. The van der Waals surface area contributed by atoms with E-state index in [1.165, 1.54) is 6.07 Å². The Bertz CT molecular complexity index is 511. The zero-order valence-corrected chi connectivity index (χ0v) is 12.7. The van der Waals surface area contributed by atoms with E-state index in [0.717, 1.165) is 32.2 Å². The molecule has 1 saturated heterocycles. The highest BCUT2D eigenvalue weighted by atomic mass is 19.1. The van der Waals surface area contributed by atoms with E-state index in [9.17, 15) is 9.18 Å². The lowest BCUT2D eigenvalue weighted by atomic mass is 9.91. The zero-order valence-electron chi connectivity index (χ0n) is 12.7. The van der Waals surface area contributed by atoms with Gasteiger partial charge in [-0.05, 0) is 24.8 Å². The number of morpholine rings is 1. The van der Waals surface area contributed by atoms with Gasteiger partial charge in [-0.2, -0.15) is 0 Å². The van der Waals surface area contributed by atoms with Crippen LogP contribution in [0.3, 0.4) is 0 Å². The van der Waals surface area contributed by atoms with Gasteiger partial charge in [0, 0.05) is 18.7 Å². The summed E-state index contributed by atoms with van der Waals surface area (Å²) in [7, 11) is 0. The maximum Gasteiger partial charge on any atom is 0.250 e. The number of benzene rings is 1. The van der Waals surface area contributed by atoms with Crippen LogP contribution in [0.25, 0.3) is 0 Å². The topological polar surface area (TPSA) is 50.4 Å². The highest BCUT2D eigenvalue weighted by Gasteiger charge is 2.32. The zero-order chi connectivity index (χ0) is 15.4. The molecule has 22 heavy (non-hydrogen) atoms. The number of halogens is 1. The smallest absolute Gasteiger partial charge is 0.250 e. The van der Waals surface area contributed by atoms with Gasteiger partial charge >= 0.3 is 0 Å². The van der Waals surface area contributed by atoms with Crippen LogP contribution in [0.4, 0.5) is 4.39 Å². The first-order valence-electron chi connectivity index (χ1n) is 8.13. The molecule has 5 heteroatoms. The van der Waals surface area contributed by atoms with Gasteiger partial charge in [-0.3, -0.25) is 4.79 Å². The average molecular weight is 306 g/mol. The van der Waals surface area contributed by atoms with Crippen molar-refractivity contribution in [3.8, 4) is 0 Å². The summed E-state index contributed by atoms with van der Waals surface area (Å²) in [6, 6.07) is 6.48. The summed E-state index contributed by atoms with van der Waals surface area (Å²) >= 11 is 0. The van der Waals surface area contributed by atoms with E-state index in [0.29, 0.717) is 24.6 Å². The normalized spacial score (nSPS) is 24.1. The molecule has 0 aromatic heterocycles. The Morgan fingerprint density at radius 2 is 2.09 bits per heavy atom. The summed E-state index contributed by atoms with van der Waals surface area (Å²) < 4.78 is 19.7. The van der Waals surface area contributed by atoms with Gasteiger partial charge in [-0.25, -0.2) is 4.39 Å². The summed E-state index contributed by atoms with van der Waals surface area (Å²) in [4.78, 5) is 12.5. The Morgan fingerprint density at radius 3 is 2.77 bits per heavy atom. The number of carbonyl (C=O) groups is 1. The maximum absolute atomic E-state index is 14.2. The van der Waals surface area contributed by atoms with Crippen LogP contribution in [0.2, 0.25) is 0 Å². The van der Waals surface area contributed by atoms with Gasteiger partial charge in [0.05, 0.1) is 12.6 Å². The van der Waals surface area contributed by atoms with Crippen molar-refractivity contribution in [2.24, 2.45) is 5.92 Å². The third-order valence-electron chi connectivity index (χ3n) is 4.63. The fourth-order valence-corrected chi connectivity index (χ4v) is 3.45. The molecule has 1 heterocycles. The van der Waals surface area contributed by atoms with Gasteiger partial charge < -0.3 is 15.4 Å². The predicted octanol–water partition coefficient (Wildman–Crippen LogP) is 2.16. The van der Waals surface area contributed by atoms with Crippen LogP contribution in [0.15, 0.2) is 24.3 Å². The minimum absolute atomic E-state index is 0.146. The van der Waals surface area contributed by atoms with Gasteiger partial charge in [0.1, 0.15) is 11.9 Å². The number of rotatable bonds is 4. The molecule has 4 nitrogen and oxygen atoms in total. The second-order valence-corrected chi connectivity index (χ2v) is 6.12. The van der Waals surface area contributed by atoms with Gasteiger partial charge in [-0.1, -0.05) is 31.0 Å². The van der Waals surface area contributed by atoms with Gasteiger partial charge in [-0.15, -0.1) is 0 Å². The van der Waals surface area contributed by atoms with Gasteiger partial charge in [0.25, 0.3) is 5.91 Å². The van der Waals surface area contributed by atoms with Gasteiger partial charge in [0.2, 0.25) is 0 Å². The fourth-order valence-electron chi connectivity index (χ4n) is 3.45. The number of nitrogens with one attached hydrogen (secondary N) is 2. The van der Waals surface area contributed by atoms with Crippen molar-refractivity contribution >= 4 is 5.91 Å². The van der Waals surface area contributed by atoms with E-state index in [4.69, 9.17) is 4.74 Å². The molecule has 0 spiro atoms. The minimum atomic E-state index is -0.482. The molecule has 2 aliphatic rings. The van der Waals surface area contributed by atoms with E-state index in [-0.39, 0.29) is 17.8 Å². The lowest BCUT2D eigenvalue weighted by Gasteiger charge is -2.29. The summed E-state index contributed by atoms with van der Waals surface area (Å²) in [5.74, 6) is -0.0906. The lowest BCUT2D eigenvalue weighted by Crippen LogP contribution is -2.49. The second-order valence-electron chi connectivity index (χ2n) is 6.12. The summed E-state index contributed by atoms with van der Waals surface area (Å²) in [5.41, 5.74) is 0.589. The fraction of sp³-hybridized carbons (Fsp3) is 0.588. The Morgan fingerprint density at radius 1 is 1.32 bits per heavy atom. The van der Waals surface area contributed by atoms with Crippen molar-refractivity contribution in [1.82, 2.24) is 10.6 Å². The molecule has 2 atom stereocenters. The maximum atomic E-state index is 14.2. The Balaban J connectivity index is 1.76. The number of hydrogen-bond donors (Lipinski definition) is 2. The molecule has 1 aromatic rings. The van der Waals surface area contributed by atoms with E-state index in [2.05, 4.69) is 10.6 Å². The number of hydrogen-bond acceptors (Lipinski definition) is 3. The van der Waals surface area contributed by atoms with Crippen LogP contribution >= 0.6 is 0 Å². The first-order chi connectivity index (χ1) is 10.8. The molecule has 1 aliphatic carbocycles. The van der Waals surface area contributed by atoms with E-state index in [1.807, 2.05) is 6.07 Å². The first-order valence-corrected chi connectivity index (χ1v) is 8.13. The Kier molecular flexibility index (Phi) is 5.05.